The Morgan fingerprint density at radius 1 is 0.381 bits per heavy atom. The maximum Gasteiger partial charge on any atom is 0.127 e. The van der Waals surface area contributed by atoms with E-state index in [1.807, 2.05) is 48.5 Å². The lowest BCUT2D eigenvalue weighted by atomic mass is 9.29. The number of rotatable bonds is 6. The van der Waals surface area contributed by atoms with Gasteiger partial charge < -0.3 is 20.9 Å². The minimum absolute atomic E-state index is 0.363. The zero-order valence-electron chi connectivity index (χ0n) is 23.9. The van der Waals surface area contributed by atoms with Crippen LogP contribution in [0.25, 0.3) is 0 Å². The second kappa shape index (κ2) is 8.80. The summed E-state index contributed by atoms with van der Waals surface area (Å²) < 4.78 is 12.2. The highest BCUT2D eigenvalue weighted by atomic mass is 16.5. The fourth-order valence-corrected chi connectivity index (χ4v) is 10.7. The Bertz CT molecular complexity index is 1440. The molecule has 11 rings (SSSR count). The first-order chi connectivity index (χ1) is 20.5. The van der Waals surface area contributed by atoms with Crippen molar-refractivity contribution in [2.75, 3.05) is 11.5 Å². The Hall–Kier alpha value is -3.92. The van der Waals surface area contributed by atoms with Crippen molar-refractivity contribution in [1.29, 1.82) is 0 Å². The molecule has 4 heteroatoms. The van der Waals surface area contributed by atoms with Gasteiger partial charge in [0.25, 0.3) is 0 Å². The summed E-state index contributed by atoms with van der Waals surface area (Å²) in [6, 6.07) is 33.5. The molecule has 212 valence electrons. The van der Waals surface area contributed by atoms with Gasteiger partial charge in [0.2, 0.25) is 0 Å². The molecule has 0 unspecified atom stereocenters. The molecule has 0 saturated heterocycles. The highest BCUT2D eigenvalue weighted by molar-refractivity contribution is 5.46. The molecule has 0 radical (unpaired) electrons. The van der Waals surface area contributed by atoms with E-state index in [0.29, 0.717) is 10.8 Å². The maximum atomic E-state index is 6.12. The van der Waals surface area contributed by atoms with Crippen LogP contribution < -0.4 is 20.9 Å². The molecule has 4 N–H and O–H groups in total. The van der Waals surface area contributed by atoms with E-state index in [4.69, 9.17) is 20.9 Å². The van der Waals surface area contributed by atoms with E-state index in [1.54, 1.807) is 11.1 Å². The lowest BCUT2D eigenvalue weighted by Crippen LogP contribution is -2.69. The van der Waals surface area contributed by atoms with Crippen molar-refractivity contribution >= 4 is 11.4 Å². The molecule has 4 nitrogen and oxygen atoms in total. The zero-order chi connectivity index (χ0) is 28.1. The quantitative estimate of drug-likeness (QED) is 0.234. The summed E-state index contributed by atoms with van der Waals surface area (Å²) in [5.41, 5.74) is 17.0. The van der Waals surface area contributed by atoms with Gasteiger partial charge in [-0.2, -0.15) is 0 Å². The summed E-state index contributed by atoms with van der Waals surface area (Å²) in [7, 11) is 0. The fourth-order valence-electron chi connectivity index (χ4n) is 10.7. The third-order valence-electron chi connectivity index (χ3n) is 12.2. The highest BCUT2D eigenvalue weighted by Gasteiger charge is 2.70. The first-order valence-corrected chi connectivity index (χ1v) is 15.8. The lowest BCUT2D eigenvalue weighted by molar-refractivity contribution is -0.221. The van der Waals surface area contributed by atoms with Gasteiger partial charge in [0.15, 0.2) is 0 Å². The van der Waals surface area contributed by atoms with Crippen molar-refractivity contribution in [3.63, 3.8) is 0 Å². The van der Waals surface area contributed by atoms with Crippen molar-refractivity contribution in [3.8, 4) is 23.0 Å². The second-order valence-electron chi connectivity index (χ2n) is 14.2. The Morgan fingerprint density at radius 2 is 0.619 bits per heavy atom. The number of nitrogens with two attached hydrogens (primary N) is 2. The van der Waals surface area contributed by atoms with Crippen LogP contribution in [0.1, 0.15) is 49.7 Å². The van der Waals surface area contributed by atoms with Crippen LogP contribution in [0.5, 0.6) is 23.0 Å². The van der Waals surface area contributed by atoms with E-state index in [2.05, 4.69) is 48.5 Å². The third kappa shape index (κ3) is 3.66. The molecule has 7 aliphatic carbocycles. The Balaban J connectivity index is 0.934. The predicted octanol–water partition coefficient (Wildman–Crippen LogP) is 8.72. The van der Waals surface area contributed by atoms with Crippen LogP contribution in [0.15, 0.2) is 97.1 Å². The summed E-state index contributed by atoms with van der Waals surface area (Å²) in [6.45, 7) is 0. The largest absolute Gasteiger partial charge is 0.457 e. The van der Waals surface area contributed by atoms with Crippen molar-refractivity contribution in [3.05, 3.63) is 108 Å². The molecule has 7 saturated carbocycles. The van der Waals surface area contributed by atoms with Gasteiger partial charge in [-0.3, -0.25) is 0 Å². The number of benzene rings is 4. The van der Waals surface area contributed by atoms with E-state index in [0.717, 1.165) is 69.9 Å². The van der Waals surface area contributed by atoms with E-state index in [9.17, 15) is 0 Å². The minimum Gasteiger partial charge on any atom is -0.457 e. The molecule has 0 heterocycles. The fraction of sp³-hybridized carbons (Fsp3) is 0.368. The number of hydrogen-bond donors (Lipinski definition) is 2. The number of anilines is 2. The summed E-state index contributed by atoms with van der Waals surface area (Å²) in [5.74, 6) is 8.83. The molecule has 42 heavy (non-hydrogen) atoms. The van der Waals surface area contributed by atoms with Gasteiger partial charge in [-0.1, -0.05) is 24.3 Å². The number of hydrogen-bond acceptors (Lipinski definition) is 4. The second-order valence-corrected chi connectivity index (χ2v) is 14.2. The molecule has 4 aromatic rings. The smallest absolute Gasteiger partial charge is 0.127 e. The van der Waals surface area contributed by atoms with Gasteiger partial charge in [-0.05, 0) is 169 Å². The van der Waals surface area contributed by atoms with Crippen LogP contribution in [0.2, 0.25) is 0 Å². The molecular formula is C38H38N2O2. The molecule has 0 atom stereocenters. The summed E-state index contributed by atoms with van der Waals surface area (Å²) in [5, 5.41) is 0. The van der Waals surface area contributed by atoms with Gasteiger partial charge in [0.1, 0.15) is 23.0 Å². The molecule has 7 aliphatic rings. The zero-order valence-corrected chi connectivity index (χ0v) is 23.9. The topological polar surface area (TPSA) is 70.5 Å². The van der Waals surface area contributed by atoms with Crippen molar-refractivity contribution in [2.24, 2.45) is 35.5 Å². The van der Waals surface area contributed by atoms with Crippen molar-refractivity contribution in [2.45, 2.75) is 49.4 Å². The molecule has 7 fully saturated rings. The van der Waals surface area contributed by atoms with Gasteiger partial charge in [0, 0.05) is 11.4 Å². The number of nitrogen functional groups attached to an aromatic ring is 2. The van der Waals surface area contributed by atoms with Crippen LogP contribution in [0, 0.1) is 35.5 Å². The summed E-state index contributed by atoms with van der Waals surface area (Å²) >= 11 is 0. The van der Waals surface area contributed by atoms with E-state index < -0.39 is 0 Å². The number of ether oxygens (including phenoxy) is 2. The minimum atomic E-state index is 0.363. The summed E-state index contributed by atoms with van der Waals surface area (Å²) in [4.78, 5) is 0. The van der Waals surface area contributed by atoms with Crippen LogP contribution in [-0.2, 0) is 10.8 Å². The SMILES string of the molecule is Nc1ccc(Oc2ccc(C34CC5C6CC7(c8ccc(Oc9ccc(N)cc9)cc8)CC5C(C3)C(C7)C6C4)cc2)cc1. The van der Waals surface area contributed by atoms with Crippen LogP contribution in [-0.4, -0.2) is 0 Å². The maximum absolute atomic E-state index is 6.12. The van der Waals surface area contributed by atoms with Gasteiger partial charge >= 0.3 is 0 Å². The van der Waals surface area contributed by atoms with Crippen molar-refractivity contribution in [1.82, 2.24) is 0 Å². The third-order valence-corrected chi connectivity index (χ3v) is 12.2. The molecule has 4 aromatic carbocycles. The molecule has 0 spiro atoms. The molecule has 0 aromatic heterocycles. The average molecular weight is 555 g/mol. The Kier molecular flexibility index (Phi) is 5.16. The molecule has 8 bridgehead atoms. The molecular weight excluding hydrogens is 516 g/mol. The first-order valence-electron chi connectivity index (χ1n) is 15.8. The first kappa shape index (κ1) is 24.7. The van der Waals surface area contributed by atoms with E-state index in [1.165, 1.54) is 38.5 Å². The van der Waals surface area contributed by atoms with Crippen molar-refractivity contribution < 1.29 is 9.47 Å². The normalized spacial score (nSPS) is 35.0. The molecule has 0 aliphatic heterocycles. The van der Waals surface area contributed by atoms with Gasteiger partial charge in [-0.15, -0.1) is 0 Å². The van der Waals surface area contributed by atoms with Crippen LogP contribution >= 0.6 is 0 Å². The lowest BCUT2D eigenvalue weighted by Gasteiger charge is -2.75. The standard InChI is InChI=1S/C38H38N2O2/c39-25-5-13-29(14-6-25)41-27-9-1-23(2-10-27)37-17-31-34-20-38(21-35(31)33(19-37)36(22-38)32(34)18-37)24-3-11-28(12-4-24)42-30-15-7-26(40)8-16-30/h1-16,31-36H,17-22,39-40H2. The Morgan fingerprint density at radius 3 is 0.881 bits per heavy atom. The monoisotopic (exact) mass is 554 g/mol. The Labute approximate surface area is 248 Å². The highest BCUT2D eigenvalue weighted by Crippen LogP contribution is 2.77. The van der Waals surface area contributed by atoms with E-state index >= 15 is 0 Å². The van der Waals surface area contributed by atoms with E-state index in [-0.39, 0.29) is 0 Å². The van der Waals surface area contributed by atoms with Gasteiger partial charge in [0.05, 0.1) is 0 Å². The van der Waals surface area contributed by atoms with Gasteiger partial charge in [-0.25, -0.2) is 0 Å². The average Bonchev–Trinajstić information content (AvgIpc) is 3.02. The predicted molar refractivity (Wildman–Crippen MR) is 167 cm³/mol. The van der Waals surface area contributed by atoms with Crippen LogP contribution in [0.3, 0.4) is 0 Å². The van der Waals surface area contributed by atoms with Crippen LogP contribution in [0.4, 0.5) is 11.4 Å². The molecule has 0 amide bonds. The summed E-state index contributed by atoms with van der Waals surface area (Å²) in [6.07, 6.45) is 8.28.